The number of rotatable bonds is 11. The molecule has 0 fully saturated rings. The molecule has 2 aromatic carbocycles. The molecule has 28 heavy (non-hydrogen) atoms. The zero-order valence-corrected chi connectivity index (χ0v) is 16.5. The molecule has 1 N–H and O–H groups in total. The molecule has 0 aliphatic carbocycles. The lowest BCUT2D eigenvalue weighted by atomic mass is 10.2. The standard InChI is InChI=1S/C22H27N3O3/c1-25(19-8-4-3-5-9-19)14-7-13-24-22(26)10-6-15-28-20-12-11-18(17-23)16-21(20)27-2/h3-5,8-9,11-12,16H,6-7,10,13-15H2,1-2H3,(H,24,26). The van der Waals surface area contributed by atoms with E-state index in [1.807, 2.05) is 25.2 Å². The third-order valence-electron chi connectivity index (χ3n) is 4.29. The van der Waals surface area contributed by atoms with Crippen LogP contribution in [0.15, 0.2) is 48.5 Å². The summed E-state index contributed by atoms with van der Waals surface area (Å²) in [5, 5.41) is 11.9. The second-order valence-electron chi connectivity index (χ2n) is 6.39. The maximum absolute atomic E-state index is 11.9. The normalized spacial score (nSPS) is 10.0. The molecule has 2 rings (SSSR count). The average molecular weight is 381 g/mol. The van der Waals surface area contributed by atoms with E-state index in [-0.39, 0.29) is 5.91 Å². The van der Waals surface area contributed by atoms with E-state index in [9.17, 15) is 4.79 Å². The van der Waals surface area contributed by atoms with Crippen LogP contribution in [0, 0.1) is 11.3 Å². The van der Waals surface area contributed by atoms with Gasteiger partial charge in [0, 0.05) is 38.3 Å². The maximum Gasteiger partial charge on any atom is 0.220 e. The highest BCUT2D eigenvalue weighted by Crippen LogP contribution is 2.27. The molecule has 0 aliphatic rings. The molecule has 6 heteroatoms. The lowest BCUT2D eigenvalue weighted by Gasteiger charge is -2.19. The van der Waals surface area contributed by atoms with Crippen molar-refractivity contribution in [2.75, 3.05) is 38.8 Å². The largest absolute Gasteiger partial charge is 0.493 e. The Morgan fingerprint density at radius 2 is 1.93 bits per heavy atom. The van der Waals surface area contributed by atoms with Crippen molar-refractivity contribution in [2.24, 2.45) is 0 Å². The average Bonchev–Trinajstić information content (AvgIpc) is 2.74. The van der Waals surface area contributed by atoms with Crippen LogP contribution in [-0.2, 0) is 4.79 Å². The number of benzene rings is 2. The summed E-state index contributed by atoms with van der Waals surface area (Å²) in [5.74, 6) is 1.12. The summed E-state index contributed by atoms with van der Waals surface area (Å²) < 4.78 is 10.9. The highest BCUT2D eigenvalue weighted by atomic mass is 16.5. The van der Waals surface area contributed by atoms with Crippen molar-refractivity contribution in [2.45, 2.75) is 19.3 Å². The number of nitrogens with one attached hydrogen (secondary N) is 1. The van der Waals surface area contributed by atoms with Crippen molar-refractivity contribution in [3.63, 3.8) is 0 Å². The zero-order chi connectivity index (χ0) is 20.2. The van der Waals surface area contributed by atoms with E-state index < -0.39 is 0 Å². The van der Waals surface area contributed by atoms with Crippen LogP contribution in [-0.4, -0.2) is 39.8 Å². The van der Waals surface area contributed by atoms with E-state index in [0.717, 1.165) is 13.0 Å². The zero-order valence-electron chi connectivity index (χ0n) is 16.5. The van der Waals surface area contributed by atoms with Crippen molar-refractivity contribution in [3.05, 3.63) is 54.1 Å². The minimum atomic E-state index is 0.0257. The van der Waals surface area contributed by atoms with Gasteiger partial charge in [0.05, 0.1) is 25.3 Å². The molecular formula is C22H27N3O3. The Bertz CT molecular complexity index is 787. The molecule has 0 unspecified atom stereocenters. The Morgan fingerprint density at radius 3 is 2.64 bits per heavy atom. The summed E-state index contributed by atoms with van der Waals surface area (Å²) in [6, 6.07) is 17.3. The fourth-order valence-corrected chi connectivity index (χ4v) is 2.72. The van der Waals surface area contributed by atoms with Crippen LogP contribution in [0.3, 0.4) is 0 Å². The first-order valence-electron chi connectivity index (χ1n) is 9.38. The van der Waals surface area contributed by atoms with Crippen molar-refractivity contribution >= 4 is 11.6 Å². The summed E-state index contributed by atoms with van der Waals surface area (Å²) in [6.45, 7) is 1.94. The number of nitriles is 1. The van der Waals surface area contributed by atoms with Gasteiger partial charge < -0.3 is 19.7 Å². The van der Waals surface area contributed by atoms with Crippen molar-refractivity contribution in [1.29, 1.82) is 5.26 Å². The molecule has 0 aliphatic heterocycles. The Hall–Kier alpha value is -3.20. The third kappa shape index (κ3) is 6.84. The van der Waals surface area contributed by atoms with Gasteiger partial charge in [0.1, 0.15) is 0 Å². The van der Waals surface area contributed by atoms with Gasteiger partial charge in [0.15, 0.2) is 11.5 Å². The van der Waals surface area contributed by atoms with Gasteiger partial charge in [-0.25, -0.2) is 0 Å². The first-order valence-corrected chi connectivity index (χ1v) is 9.38. The molecular weight excluding hydrogens is 354 g/mol. The van der Waals surface area contributed by atoms with E-state index in [0.29, 0.717) is 43.1 Å². The Balaban J connectivity index is 1.60. The molecule has 1 amide bonds. The Kier molecular flexibility index (Phi) is 8.67. The summed E-state index contributed by atoms with van der Waals surface area (Å²) in [7, 11) is 3.58. The molecule has 0 aromatic heterocycles. The van der Waals surface area contributed by atoms with Crippen LogP contribution in [0.4, 0.5) is 5.69 Å². The molecule has 0 saturated heterocycles. The number of amides is 1. The quantitative estimate of drug-likeness (QED) is 0.604. The number of carbonyl (C=O) groups is 1. The van der Waals surface area contributed by atoms with Gasteiger partial charge in [0.2, 0.25) is 5.91 Å². The molecule has 0 bridgehead atoms. The highest BCUT2D eigenvalue weighted by Gasteiger charge is 2.07. The van der Waals surface area contributed by atoms with Gasteiger partial charge >= 0.3 is 0 Å². The summed E-state index contributed by atoms with van der Waals surface area (Å²) in [6.07, 6.45) is 1.90. The van der Waals surface area contributed by atoms with Crippen LogP contribution in [0.5, 0.6) is 11.5 Å². The third-order valence-corrected chi connectivity index (χ3v) is 4.29. The smallest absolute Gasteiger partial charge is 0.220 e. The molecule has 0 spiro atoms. The van der Waals surface area contributed by atoms with Crippen LogP contribution in [0.1, 0.15) is 24.8 Å². The summed E-state index contributed by atoms with van der Waals surface area (Å²) in [4.78, 5) is 14.1. The highest BCUT2D eigenvalue weighted by molar-refractivity contribution is 5.75. The van der Waals surface area contributed by atoms with Crippen molar-refractivity contribution in [3.8, 4) is 17.6 Å². The number of anilines is 1. The minimum absolute atomic E-state index is 0.0257. The van der Waals surface area contributed by atoms with Crippen LogP contribution >= 0.6 is 0 Å². The number of para-hydroxylation sites is 1. The summed E-state index contributed by atoms with van der Waals surface area (Å²) >= 11 is 0. The van der Waals surface area contributed by atoms with Gasteiger partial charge in [-0.05, 0) is 37.1 Å². The van der Waals surface area contributed by atoms with Crippen molar-refractivity contribution in [1.82, 2.24) is 5.32 Å². The predicted molar refractivity (Wildman–Crippen MR) is 110 cm³/mol. The van der Waals surface area contributed by atoms with Crippen molar-refractivity contribution < 1.29 is 14.3 Å². The number of carbonyl (C=O) groups excluding carboxylic acids is 1. The number of nitrogens with zero attached hydrogens (tertiary/aromatic N) is 2. The van der Waals surface area contributed by atoms with Gasteiger partial charge in [-0.15, -0.1) is 0 Å². The second kappa shape index (κ2) is 11.5. The SMILES string of the molecule is COc1cc(C#N)ccc1OCCCC(=O)NCCCN(C)c1ccccc1. The fourth-order valence-electron chi connectivity index (χ4n) is 2.72. The van der Waals surface area contributed by atoms with Crippen LogP contribution in [0.2, 0.25) is 0 Å². The van der Waals surface area contributed by atoms with Gasteiger partial charge in [-0.1, -0.05) is 18.2 Å². The van der Waals surface area contributed by atoms with Crippen LogP contribution in [0.25, 0.3) is 0 Å². The second-order valence-corrected chi connectivity index (χ2v) is 6.39. The van der Waals surface area contributed by atoms with Gasteiger partial charge in [-0.3, -0.25) is 4.79 Å². The monoisotopic (exact) mass is 381 g/mol. The topological polar surface area (TPSA) is 74.6 Å². The van der Waals surface area contributed by atoms with Gasteiger partial charge in [0.25, 0.3) is 0 Å². The minimum Gasteiger partial charge on any atom is -0.493 e. The number of hydrogen-bond acceptors (Lipinski definition) is 5. The van der Waals surface area contributed by atoms with E-state index in [1.54, 1.807) is 18.2 Å². The lowest BCUT2D eigenvalue weighted by Crippen LogP contribution is -2.28. The molecule has 2 aromatic rings. The van der Waals surface area contributed by atoms with E-state index >= 15 is 0 Å². The molecule has 0 saturated carbocycles. The maximum atomic E-state index is 11.9. The van der Waals surface area contributed by atoms with Crippen LogP contribution < -0.4 is 19.7 Å². The van der Waals surface area contributed by atoms with E-state index in [2.05, 4.69) is 28.4 Å². The molecule has 6 nitrogen and oxygen atoms in total. The summed E-state index contributed by atoms with van der Waals surface area (Å²) in [5.41, 5.74) is 1.69. The molecule has 0 atom stereocenters. The number of ether oxygens (including phenoxy) is 2. The molecule has 0 heterocycles. The first-order chi connectivity index (χ1) is 13.6. The number of methoxy groups -OCH3 is 1. The van der Waals surface area contributed by atoms with Gasteiger partial charge in [-0.2, -0.15) is 5.26 Å². The Morgan fingerprint density at radius 1 is 1.14 bits per heavy atom. The van der Waals surface area contributed by atoms with E-state index in [1.165, 1.54) is 12.8 Å². The lowest BCUT2D eigenvalue weighted by molar-refractivity contribution is -0.121. The van der Waals surface area contributed by atoms with E-state index in [4.69, 9.17) is 14.7 Å². The Labute approximate surface area is 166 Å². The predicted octanol–water partition coefficient (Wildman–Crippen LogP) is 3.37. The number of hydrogen-bond donors (Lipinski definition) is 1. The molecule has 0 radical (unpaired) electrons. The molecule has 148 valence electrons. The first kappa shape index (κ1) is 21.1. The fraction of sp³-hybridized carbons (Fsp3) is 0.364.